The first-order valence-corrected chi connectivity index (χ1v) is 7.19. The van der Waals surface area contributed by atoms with E-state index in [0.29, 0.717) is 6.04 Å². The van der Waals surface area contributed by atoms with Crippen LogP contribution in [-0.2, 0) is 6.54 Å². The van der Waals surface area contributed by atoms with Crippen LogP contribution in [-0.4, -0.2) is 12.6 Å². The first-order valence-electron chi connectivity index (χ1n) is 7.19. The molecule has 0 radical (unpaired) electrons. The Bertz CT molecular complexity index is 460. The summed E-state index contributed by atoms with van der Waals surface area (Å²) in [5, 5.41) is 12.3. The van der Waals surface area contributed by atoms with E-state index in [1.165, 1.54) is 25.7 Å². The number of para-hydroxylation sites is 1. The normalized spacial score (nSPS) is 18.3. The number of rotatable bonds is 7. The predicted octanol–water partition coefficient (Wildman–Crippen LogP) is 2.87. The van der Waals surface area contributed by atoms with Gasteiger partial charge in [-0.25, -0.2) is 0 Å². The van der Waals surface area contributed by atoms with Gasteiger partial charge in [0, 0.05) is 18.2 Å². The van der Waals surface area contributed by atoms with Crippen LogP contribution in [0.25, 0.3) is 0 Å². The number of ether oxygens (including phenoxy) is 1. The zero-order chi connectivity index (χ0) is 13.1. The number of nitrogens with one attached hydrogen (secondary N) is 1. The minimum absolute atomic E-state index is 0.117. The zero-order valence-electron chi connectivity index (χ0n) is 11.1. The van der Waals surface area contributed by atoms with Crippen molar-refractivity contribution in [2.75, 3.05) is 6.61 Å². The minimum atomic E-state index is 0.117. The lowest BCUT2D eigenvalue weighted by Gasteiger charge is -2.18. The van der Waals surface area contributed by atoms with Crippen molar-refractivity contribution in [3.63, 3.8) is 0 Å². The Labute approximate surface area is 114 Å². The molecule has 0 aliphatic heterocycles. The third-order valence-corrected chi connectivity index (χ3v) is 4.05. The van der Waals surface area contributed by atoms with Gasteiger partial charge in [0.2, 0.25) is 0 Å². The summed E-state index contributed by atoms with van der Waals surface area (Å²) in [7, 11) is 0. The maximum Gasteiger partial charge on any atom is 0.174 e. The summed E-state index contributed by atoms with van der Waals surface area (Å²) in [6, 6.07) is 10.7. The molecule has 3 heteroatoms. The SMILES string of the molecule is N#CCOc1ccccc1CNC(C1CC1)C1CC1. The molecular weight excluding hydrogens is 236 g/mol. The van der Waals surface area contributed by atoms with Crippen molar-refractivity contribution < 1.29 is 4.74 Å². The highest BCUT2D eigenvalue weighted by atomic mass is 16.5. The highest BCUT2D eigenvalue weighted by Crippen LogP contribution is 2.44. The molecule has 0 aromatic heterocycles. The number of hydrogen-bond donors (Lipinski definition) is 1. The summed E-state index contributed by atoms with van der Waals surface area (Å²) < 4.78 is 5.47. The van der Waals surface area contributed by atoms with Crippen LogP contribution in [0, 0.1) is 23.2 Å². The molecule has 100 valence electrons. The second-order valence-electron chi connectivity index (χ2n) is 5.64. The predicted molar refractivity (Wildman–Crippen MR) is 73.6 cm³/mol. The summed E-state index contributed by atoms with van der Waals surface area (Å²) in [5.74, 6) is 2.64. The van der Waals surface area contributed by atoms with Gasteiger partial charge in [0.25, 0.3) is 0 Å². The Morgan fingerprint density at radius 1 is 1.21 bits per heavy atom. The number of nitrogens with zero attached hydrogens (tertiary/aromatic N) is 1. The largest absolute Gasteiger partial charge is 0.478 e. The fourth-order valence-electron chi connectivity index (χ4n) is 2.76. The third kappa shape index (κ3) is 3.27. The molecule has 3 rings (SSSR count). The summed E-state index contributed by atoms with van der Waals surface area (Å²) >= 11 is 0. The Balaban J connectivity index is 1.60. The van der Waals surface area contributed by atoms with Crippen LogP contribution < -0.4 is 10.1 Å². The van der Waals surface area contributed by atoms with E-state index in [9.17, 15) is 0 Å². The highest BCUT2D eigenvalue weighted by Gasteiger charge is 2.40. The second-order valence-corrected chi connectivity index (χ2v) is 5.64. The van der Waals surface area contributed by atoms with Crippen LogP contribution in [0.2, 0.25) is 0 Å². The van der Waals surface area contributed by atoms with E-state index < -0.39 is 0 Å². The Morgan fingerprint density at radius 2 is 1.89 bits per heavy atom. The second kappa shape index (κ2) is 5.63. The first kappa shape index (κ1) is 12.5. The fourth-order valence-corrected chi connectivity index (χ4v) is 2.76. The average Bonchev–Trinajstić information content (AvgIpc) is 3.30. The molecule has 2 saturated carbocycles. The van der Waals surface area contributed by atoms with Crippen molar-refractivity contribution in [2.45, 2.75) is 38.3 Å². The topological polar surface area (TPSA) is 45.0 Å². The number of hydrogen-bond acceptors (Lipinski definition) is 3. The zero-order valence-corrected chi connectivity index (χ0v) is 11.1. The number of nitriles is 1. The van der Waals surface area contributed by atoms with E-state index in [2.05, 4.69) is 11.4 Å². The first-order chi connectivity index (χ1) is 9.38. The van der Waals surface area contributed by atoms with E-state index in [0.717, 1.165) is 29.7 Å². The molecule has 2 aliphatic rings. The van der Waals surface area contributed by atoms with Crippen molar-refractivity contribution in [2.24, 2.45) is 11.8 Å². The van der Waals surface area contributed by atoms with Gasteiger partial charge in [-0.15, -0.1) is 0 Å². The lowest BCUT2D eigenvalue weighted by Crippen LogP contribution is -2.32. The standard InChI is InChI=1S/C16H20N2O/c17-9-10-19-15-4-2-1-3-14(15)11-18-16(12-5-6-12)13-7-8-13/h1-4,12-13,16,18H,5-8,10-11H2. The van der Waals surface area contributed by atoms with Gasteiger partial charge in [-0.05, 0) is 43.6 Å². The maximum atomic E-state index is 8.61. The van der Waals surface area contributed by atoms with Crippen molar-refractivity contribution in [1.82, 2.24) is 5.32 Å². The highest BCUT2D eigenvalue weighted by molar-refractivity contribution is 5.33. The van der Waals surface area contributed by atoms with Gasteiger partial charge >= 0.3 is 0 Å². The molecule has 0 amide bonds. The lowest BCUT2D eigenvalue weighted by molar-refractivity contribution is 0.357. The van der Waals surface area contributed by atoms with Crippen molar-refractivity contribution in [1.29, 1.82) is 5.26 Å². The van der Waals surface area contributed by atoms with Gasteiger partial charge in [-0.3, -0.25) is 0 Å². The van der Waals surface area contributed by atoms with Crippen molar-refractivity contribution in [3.8, 4) is 11.8 Å². The van der Waals surface area contributed by atoms with E-state index in [4.69, 9.17) is 10.00 Å². The van der Waals surface area contributed by atoms with E-state index in [-0.39, 0.29) is 6.61 Å². The summed E-state index contributed by atoms with van der Waals surface area (Å²) in [6.45, 7) is 0.963. The molecule has 1 aromatic rings. The average molecular weight is 256 g/mol. The quantitative estimate of drug-likeness (QED) is 0.816. The Kier molecular flexibility index (Phi) is 3.70. The van der Waals surface area contributed by atoms with E-state index >= 15 is 0 Å². The van der Waals surface area contributed by atoms with Gasteiger partial charge in [0.05, 0.1) is 0 Å². The molecule has 1 aromatic carbocycles. The van der Waals surface area contributed by atoms with Crippen LogP contribution in [0.5, 0.6) is 5.75 Å². The minimum Gasteiger partial charge on any atom is -0.478 e. The molecule has 0 heterocycles. The maximum absolute atomic E-state index is 8.61. The van der Waals surface area contributed by atoms with Crippen LogP contribution in [0.15, 0.2) is 24.3 Å². The van der Waals surface area contributed by atoms with Gasteiger partial charge < -0.3 is 10.1 Å². The summed E-state index contributed by atoms with van der Waals surface area (Å²) in [5.41, 5.74) is 1.16. The molecule has 2 fully saturated rings. The summed E-state index contributed by atoms with van der Waals surface area (Å²) in [6.07, 6.45) is 5.56. The van der Waals surface area contributed by atoms with Crippen LogP contribution in [0.1, 0.15) is 31.2 Å². The van der Waals surface area contributed by atoms with Gasteiger partial charge in [-0.1, -0.05) is 18.2 Å². The van der Waals surface area contributed by atoms with Gasteiger partial charge in [0.15, 0.2) is 6.61 Å². The van der Waals surface area contributed by atoms with E-state index in [1.807, 2.05) is 24.3 Å². The molecule has 0 bridgehead atoms. The van der Waals surface area contributed by atoms with Crippen molar-refractivity contribution in [3.05, 3.63) is 29.8 Å². The molecule has 0 saturated heterocycles. The van der Waals surface area contributed by atoms with Crippen molar-refractivity contribution >= 4 is 0 Å². The van der Waals surface area contributed by atoms with Gasteiger partial charge in [-0.2, -0.15) is 5.26 Å². The molecule has 19 heavy (non-hydrogen) atoms. The van der Waals surface area contributed by atoms with Gasteiger partial charge in [0.1, 0.15) is 11.8 Å². The molecule has 0 unspecified atom stereocenters. The fraction of sp³-hybridized carbons (Fsp3) is 0.562. The summed E-state index contributed by atoms with van der Waals surface area (Å²) in [4.78, 5) is 0. The van der Waals surface area contributed by atoms with Crippen LogP contribution >= 0.6 is 0 Å². The monoisotopic (exact) mass is 256 g/mol. The molecule has 0 atom stereocenters. The Morgan fingerprint density at radius 3 is 2.53 bits per heavy atom. The lowest BCUT2D eigenvalue weighted by atomic mass is 10.1. The molecular formula is C16H20N2O. The van der Waals surface area contributed by atoms with Crippen LogP contribution in [0.4, 0.5) is 0 Å². The molecule has 3 nitrogen and oxygen atoms in total. The molecule has 1 N–H and O–H groups in total. The third-order valence-electron chi connectivity index (χ3n) is 4.05. The molecule has 0 spiro atoms. The molecule has 2 aliphatic carbocycles. The Hall–Kier alpha value is -1.53. The smallest absolute Gasteiger partial charge is 0.174 e. The number of benzene rings is 1. The van der Waals surface area contributed by atoms with Crippen LogP contribution in [0.3, 0.4) is 0 Å². The van der Waals surface area contributed by atoms with E-state index in [1.54, 1.807) is 0 Å².